The Kier molecular flexibility index (Phi) is 9.07. The van der Waals surface area contributed by atoms with Gasteiger partial charge >= 0.3 is 0 Å². The minimum atomic E-state index is -0.359. The highest BCUT2D eigenvalue weighted by Crippen LogP contribution is 2.31. The molecular weight excluding hydrogens is 599 g/mol. The number of rotatable bonds is 8. The molecule has 0 bridgehead atoms. The van der Waals surface area contributed by atoms with Crippen molar-refractivity contribution in [2.75, 3.05) is 10.6 Å². The standard InChI is InChI=1S/C34H20Cl2N4O4/c35-29-3-1-5-31(27(29)19-37)43-25-15-11-23(12-16-25)39-33(41)21-7-9-22(10-8-21)34(42)40-24-13-17-26(18-14-24)44-32-6-2-4-30(36)28(32)20-38/h1-18H,(H,39,41)(H,40,42). The van der Waals surface area contributed by atoms with Crippen molar-refractivity contribution in [3.63, 3.8) is 0 Å². The molecule has 0 aromatic heterocycles. The quantitative estimate of drug-likeness (QED) is 0.179. The van der Waals surface area contributed by atoms with Crippen LogP contribution >= 0.6 is 23.2 Å². The number of anilines is 2. The van der Waals surface area contributed by atoms with Crippen LogP contribution in [0.3, 0.4) is 0 Å². The summed E-state index contributed by atoms with van der Waals surface area (Å²) in [5, 5.41) is 24.8. The predicted octanol–water partition coefficient (Wildman–Crippen LogP) is 8.83. The fourth-order valence-corrected chi connectivity index (χ4v) is 4.46. The van der Waals surface area contributed by atoms with Gasteiger partial charge in [0, 0.05) is 22.5 Å². The smallest absolute Gasteiger partial charge is 0.255 e. The molecule has 214 valence electrons. The molecule has 0 heterocycles. The minimum Gasteiger partial charge on any atom is -0.456 e. The maximum Gasteiger partial charge on any atom is 0.255 e. The van der Waals surface area contributed by atoms with Crippen molar-refractivity contribution in [3.8, 4) is 35.1 Å². The summed E-state index contributed by atoms with van der Waals surface area (Å²) in [4.78, 5) is 25.5. The van der Waals surface area contributed by atoms with Crippen LogP contribution < -0.4 is 20.1 Å². The summed E-state index contributed by atoms with van der Waals surface area (Å²) in [5.41, 5.74) is 2.25. The van der Waals surface area contributed by atoms with Crippen molar-refractivity contribution in [1.82, 2.24) is 0 Å². The molecule has 5 rings (SSSR count). The molecule has 5 aromatic carbocycles. The van der Waals surface area contributed by atoms with E-state index >= 15 is 0 Å². The molecular formula is C34H20Cl2N4O4. The van der Waals surface area contributed by atoms with E-state index in [4.69, 9.17) is 32.7 Å². The number of nitrogens with zero attached hydrogens (tertiary/aromatic N) is 2. The van der Waals surface area contributed by atoms with E-state index in [9.17, 15) is 20.1 Å². The second-order valence-corrected chi connectivity index (χ2v) is 10.0. The molecule has 44 heavy (non-hydrogen) atoms. The van der Waals surface area contributed by atoms with Crippen LogP contribution in [0.2, 0.25) is 10.0 Å². The molecule has 0 aliphatic rings. The van der Waals surface area contributed by atoms with Crippen LogP contribution in [0, 0.1) is 22.7 Å². The zero-order valence-corrected chi connectivity index (χ0v) is 24.2. The van der Waals surface area contributed by atoms with Crippen molar-refractivity contribution in [2.24, 2.45) is 0 Å². The number of hydrogen-bond acceptors (Lipinski definition) is 6. The van der Waals surface area contributed by atoms with Crippen LogP contribution in [0.5, 0.6) is 23.0 Å². The Bertz CT molecular complexity index is 1790. The largest absolute Gasteiger partial charge is 0.456 e. The van der Waals surface area contributed by atoms with Gasteiger partial charge in [0.2, 0.25) is 0 Å². The monoisotopic (exact) mass is 618 g/mol. The summed E-state index contributed by atoms with van der Waals surface area (Å²) >= 11 is 12.1. The van der Waals surface area contributed by atoms with E-state index in [1.165, 1.54) is 0 Å². The highest BCUT2D eigenvalue weighted by molar-refractivity contribution is 6.32. The highest BCUT2D eigenvalue weighted by Gasteiger charge is 2.13. The summed E-state index contributed by atoms with van der Waals surface area (Å²) in [5.74, 6) is 0.873. The first-order valence-electron chi connectivity index (χ1n) is 13.0. The number of benzene rings is 5. The van der Waals surface area contributed by atoms with Gasteiger partial charge in [0.25, 0.3) is 11.8 Å². The molecule has 0 radical (unpaired) electrons. The summed E-state index contributed by atoms with van der Waals surface area (Å²) < 4.78 is 11.5. The Hall–Kier alpha value is -5.80. The lowest BCUT2D eigenvalue weighted by atomic mass is 10.1. The summed E-state index contributed by atoms with van der Waals surface area (Å²) in [6.07, 6.45) is 0. The number of hydrogen-bond donors (Lipinski definition) is 2. The second-order valence-electron chi connectivity index (χ2n) is 9.19. The SMILES string of the molecule is N#Cc1c(Cl)cccc1Oc1ccc(NC(=O)c2ccc(C(=O)Nc3ccc(Oc4cccc(Cl)c4C#N)cc3)cc2)cc1. The molecule has 0 spiro atoms. The number of carbonyl (C=O) groups excluding carboxylic acids is 2. The predicted molar refractivity (Wildman–Crippen MR) is 168 cm³/mol. The molecule has 0 aliphatic heterocycles. The van der Waals surface area contributed by atoms with Crippen molar-refractivity contribution >= 4 is 46.4 Å². The van der Waals surface area contributed by atoms with Gasteiger partial charge in [0.15, 0.2) is 0 Å². The number of nitriles is 2. The lowest BCUT2D eigenvalue weighted by Crippen LogP contribution is -2.14. The van der Waals surface area contributed by atoms with E-state index in [-0.39, 0.29) is 22.9 Å². The van der Waals surface area contributed by atoms with E-state index in [1.54, 1.807) is 109 Å². The first-order valence-corrected chi connectivity index (χ1v) is 13.8. The van der Waals surface area contributed by atoms with Crippen molar-refractivity contribution in [3.05, 3.63) is 141 Å². The first-order chi connectivity index (χ1) is 21.3. The van der Waals surface area contributed by atoms with Gasteiger partial charge in [-0.3, -0.25) is 9.59 Å². The summed E-state index contributed by atoms with van der Waals surface area (Å²) in [6.45, 7) is 0. The van der Waals surface area contributed by atoms with Gasteiger partial charge < -0.3 is 20.1 Å². The molecule has 0 aliphatic carbocycles. The lowest BCUT2D eigenvalue weighted by Gasteiger charge is -2.11. The fourth-order valence-electron chi connectivity index (χ4n) is 4.04. The number of carbonyl (C=O) groups is 2. The van der Waals surface area contributed by atoms with Gasteiger partial charge in [0.1, 0.15) is 46.3 Å². The van der Waals surface area contributed by atoms with Crippen LogP contribution in [-0.2, 0) is 0 Å². The van der Waals surface area contributed by atoms with Crippen LogP contribution in [-0.4, -0.2) is 11.8 Å². The molecule has 10 heteroatoms. The van der Waals surface area contributed by atoms with E-state index in [2.05, 4.69) is 10.6 Å². The van der Waals surface area contributed by atoms with E-state index in [0.29, 0.717) is 55.5 Å². The zero-order chi connectivity index (χ0) is 31.1. The Labute approximate surface area is 262 Å². The Morgan fingerprint density at radius 2 is 0.909 bits per heavy atom. The number of halogens is 2. The van der Waals surface area contributed by atoms with Gasteiger partial charge in [-0.2, -0.15) is 10.5 Å². The Balaban J connectivity index is 1.16. The summed E-state index contributed by atoms with van der Waals surface area (Å²) in [6, 6.07) is 33.4. The minimum absolute atomic E-state index is 0.233. The van der Waals surface area contributed by atoms with Crippen LogP contribution in [0.15, 0.2) is 109 Å². The second kappa shape index (κ2) is 13.5. The van der Waals surface area contributed by atoms with Gasteiger partial charge in [-0.25, -0.2) is 0 Å². The highest BCUT2D eigenvalue weighted by atomic mass is 35.5. The van der Waals surface area contributed by atoms with E-state index in [1.807, 2.05) is 12.1 Å². The van der Waals surface area contributed by atoms with E-state index in [0.717, 1.165) is 0 Å². The van der Waals surface area contributed by atoms with Crippen LogP contribution in [0.1, 0.15) is 31.8 Å². The molecule has 2 N–H and O–H groups in total. The molecule has 0 saturated carbocycles. The Morgan fingerprint density at radius 3 is 1.25 bits per heavy atom. The van der Waals surface area contributed by atoms with E-state index < -0.39 is 0 Å². The van der Waals surface area contributed by atoms with Crippen molar-refractivity contribution < 1.29 is 19.1 Å². The topological polar surface area (TPSA) is 124 Å². The molecule has 0 unspecified atom stereocenters. The molecule has 0 saturated heterocycles. The van der Waals surface area contributed by atoms with Crippen molar-refractivity contribution in [2.45, 2.75) is 0 Å². The number of ether oxygens (including phenoxy) is 2. The molecule has 2 amide bonds. The third-order valence-corrected chi connectivity index (χ3v) is 6.89. The average molecular weight is 619 g/mol. The van der Waals surface area contributed by atoms with Gasteiger partial charge in [-0.05, 0) is 97.1 Å². The van der Waals surface area contributed by atoms with Crippen molar-refractivity contribution in [1.29, 1.82) is 10.5 Å². The summed E-state index contributed by atoms with van der Waals surface area (Å²) in [7, 11) is 0. The van der Waals surface area contributed by atoms with Crippen LogP contribution in [0.25, 0.3) is 0 Å². The average Bonchev–Trinajstić information content (AvgIpc) is 3.03. The van der Waals surface area contributed by atoms with Gasteiger partial charge in [-0.1, -0.05) is 35.3 Å². The van der Waals surface area contributed by atoms with Gasteiger partial charge in [-0.15, -0.1) is 0 Å². The van der Waals surface area contributed by atoms with Gasteiger partial charge in [0.05, 0.1) is 10.0 Å². The number of amides is 2. The third kappa shape index (κ3) is 6.97. The first kappa shape index (κ1) is 29.7. The molecule has 5 aromatic rings. The molecule has 0 fully saturated rings. The maximum atomic E-state index is 12.8. The fraction of sp³-hybridized carbons (Fsp3) is 0. The normalized spacial score (nSPS) is 10.2. The lowest BCUT2D eigenvalue weighted by molar-refractivity contribution is 0.101. The molecule has 0 atom stereocenters. The Morgan fingerprint density at radius 1 is 0.545 bits per heavy atom. The number of nitrogens with one attached hydrogen (secondary N) is 2. The zero-order valence-electron chi connectivity index (χ0n) is 22.7. The van der Waals surface area contributed by atoms with Crippen LogP contribution in [0.4, 0.5) is 11.4 Å². The third-order valence-electron chi connectivity index (χ3n) is 6.26. The molecule has 8 nitrogen and oxygen atoms in total. The maximum absolute atomic E-state index is 12.8.